The average molecular weight is 289 g/mol. The zero-order valence-corrected chi connectivity index (χ0v) is 14.5. The summed E-state index contributed by atoms with van der Waals surface area (Å²) in [5.41, 5.74) is 0. The first-order valence-electron chi connectivity index (χ1n) is 7.15. The Hall–Kier alpha value is -0.420. The molecule has 1 atom stereocenters. The van der Waals surface area contributed by atoms with Crippen LogP contribution in [0.2, 0.25) is 0 Å². The predicted octanol–water partition coefficient (Wildman–Crippen LogP) is 2.02. The van der Waals surface area contributed by atoms with Crippen LogP contribution in [0.5, 0.6) is 0 Å². The van der Waals surface area contributed by atoms with Crippen molar-refractivity contribution in [2.24, 2.45) is 4.99 Å². The number of aliphatic imine (C=N–C) groups is 1. The Morgan fingerprint density at radius 3 is 2.11 bits per heavy atom. The maximum atomic E-state index is 4.25. The van der Waals surface area contributed by atoms with Crippen LogP contribution in [0.15, 0.2) is 4.99 Å². The van der Waals surface area contributed by atoms with E-state index in [-0.39, 0.29) is 0 Å². The molecule has 0 saturated carbocycles. The quantitative estimate of drug-likeness (QED) is 0.529. The van der Waals surface area contributed by atoms with Crippen LogP contribution in [0.3, 0.4) is 0 Å². The summed E-state index contributed by atoms with van der Waals surface area (Å²) in [7, 11) is 1.82. The maximum absolute atomic E-state index is 4.25. The van der Waals surface area contributed by atoms with Gasteiger partial charge in [-0.05, 0) is 34.0 Å². The van der Waals surface area contributed by atoms with Gasteiger partial charge in [0.2, 0.25) is 0 Å². The average Bonchev–Trinajstić information content (AvgIpc) is 2.36. The molecule has 0 aliphatic rings. The summed E-state index contributed by atoms with van der Waals surface area (Å²) in [5, 5.41) is 7.33. The third kappa shape index (κ3) is 8.37. The molecule has 0 spiro atoms. The van der Waals surface area contributed by atoms with Crippen molar-refractivity contribution in [1.29, 1.82) is 0 Å². The van der Waals surface area contributed by atoms with E-state index in [1.54, 1.807) is 0 Å². The van der Waals surface area contributed by atoms with E-state index in [1.165, 1.54) is 0 Å². The zero-order chi connectivity index (χ0) is 14.8. The first kappa shape index (κ1) is 18.6. The van der Waals surface area contributed by atoms with Crippen molar-refractivity contribution in [2.75, 3.05) is 32.9 Å². The molecule has 0 radical (unpaired) electrons. The van der Waals surface area contributed by atoms with Gasteiger partial charge < -0.3 is 10.6 Å². The highest BCUT2D eigenvalue weighted by Gasteiger charge is 2.12. The molecule has 0 heterocycles. The summed E-state index contributed by atoms with van der Waals surface area (Å²) in [4.78, 5) is 6.72. The van der Waals surface area contributed by atoms with Crippen molar-refractivity contribution in [3.63, 3.8) is 0 Å². The molecular weight excluding hydrogens is 256 g/mol. The molecule has 0 fully saturated rings. The fourth-order valence-corrected chi connectivity index (χ4v) is 2.21. The molecule has 4 nitrogen and oxygen atoms in total. The number of rotatable bonds is 8. The zero-order valence-electron chi connectivity index (χ0n) is 13.7. The van der Waals surface area contributed by atoms with Crippen LogP contribution >= 0.6 is 11.8 Å². The molecular formula is C14H32N4S. The lowest BCUT2D eigenvalue weighted by molar-refractivity contribution is 0.178. The van der Waals surface area contributed by atoms with E-state index < -0.39 is 0 Å². The van der Waals surface area contributed by atoms with Gasteiger partial charge in [0, 0.05) is 44.0 Å². The predicted molar refractivity (Wildman–Crippen MR) is 89.3 cm³/mol. The van der Waals surface area contributed by atoms with Crippen LogP contribution < -0.4 is 10.6 Å². The number of nitrogens with one attached hydrogen (secondary N) is 2. The number of guanidine groups is 1. The molecule has 0 aliphatic heterocycles. The summed E-state index contributed by atoms with van der Waals surface area (Å²) in [6.45, 7) is 14.1. The summed E-state index contributed by atoms with van der Waals surface area (Å²) in [5.74, 6) is 0.897. The molecule has 2 N–H and O–H groups in total. The highest BCUT2D eigenvalue weighted by atomic mass is 32.2. The highest BCUT2D eigenvalue weighted by Crippen LogP contribution is 2.03. The molecule has 0 aromatic carbocycles. The Kier molecular flexibility index (Phi) is 10.1. The molecule has 1 unspecified atom stereocenters. The Balaban J connectivity index is 4.01. The van der Waals surface area contributed by atoms with Gasteiger partial charge in [0.25, 0.3) is 0 Å². The van der Waals surface area contributed by atoms with Gasteiger partial charge >= 0.3 is 0 Å². The lowest BCUT2D eigenvalue weighted by Gasteiger charge is -2.30. The molecule has 0 saturated heterocycles. The summed E-state index contributed by atoms with van der Waals surface area (Å²) >= 11 is 1.86. The SMILES string of the molecule is CN=C(NCCN(C(C)C)C(C)C)NCC(C)SC. The second-order valence-corrected chi connectivity index (χ2v) is 6.63. The Labute approximate surface area is 123 Å². The minimum Gasteiger partial charge on any atom is -0.355 e. The van der Waals surface area contributed by atoms with Gasteiger partial charge in [-0.1, -0.05) is 6.92 Å². The van der Waals surface area contributed by atoms with Crippen LogP contribution in [-0.4, -0.2) is 61.1 Å². The maximum Gasteiger partial charge on any atom is 0.191 e. The Morgan fingerprint density at radius 1 is 1.11 bits per heavy atom. The van der Waals surface area contributed by atoms with Gasteiger partial charge in [-0.3, -0.25) is 9.89 Å². The number of hydrogen-bond acceptors (Lipinski definition) is 3. The first-order chi connectivity index (χ1) is 8.92. The van der Waals surface area contributed by atoms with Crippen LogP contribution in [-0.2, 0) is 0 Å². The summed E-state index contributed by atoms with van der Waals surface area (Å²) < 4.78 is 0. The molecule has 0 rings (SSSR count). The van der Waals surface area contributed by atoms with Gasteiger partial charge in [-0.15, -0.1) is 0 Å². The second kappa shape index (κ2) is 10.4. The lowest BCUT2D eigenvalue weighted by atomic mass is 10.2. The van der Waals surface area contributed by atoms with Crippen molar-refractivity contribution in [1.82, 2.24) is 15.5 Å². The summed E-state index contributed by atoms with van der Waals surface area (Å²) in [6.07, 6.45) is 2.13. The van der Waals surface area contributed by atoms with Crippen molar-refractivity contribution >= 4 is 17.7 Å². The van der Waals surface area contributed by atoms with E-state index in [4.69, 9.17) is 0 Å². The topological polar surface area (TPSA) is 39.7 Å². The normalized spacial score (nSPS) is 14.3. The van der Waals surface area contributed by atoms with E-state index in [0.29, 0.717) is 17.3 Å². The fraction of sp³-hybridized carbons (Fsp3) is 0.929. The van der Waals surface area contributed by atoms with Crippen LogP contribution in [0.4, 0.5) is 0 Å². The van der Waals surface area contributed by atoms with Crippen molar-refractivity contribution in [3.8, 4) is 0 Å². The van der Waals surface area contributed by atoms with Gasteiger partial charge in [0.1, 0.15) is 0 Å². The number of hydrogen-bond donors (Lipinski definition) is 2. The van der Waals surface area contributed by atoms with Crippen molar-refractivity contribution < 1.29 is 0 Å². The lowest BCUT2D eigenvalue weighted by Crippen LogP contribution is -2.46. The van der Waals surface area contributed by atoms with Crippen LogP contribution in [0, 0.1) is 0 Å². The number of thioether (sulfide) groups is 1. The highest BCUT2D eigenvalue weighted by molar-refractivity contribution is 7.99. The second-order valence-electron chi connectivity index (χ2n) is 5.35. The Bertz CT molecular complexity index is 246. The molecule has 5 heteroatoms. The monoisotopic (exact) mass is 288 g/mol. The van der Waals surface area contributed by atoms with Crippen LogP contribution in [0.25, 0.3) is 0 Å². The van der Waals surface area contributed by atoms with E-state index >= 15 is 0 Å². The van der Waals surface area contributed by atoms with E-state index in [9.17, 15) is 0 Å². The molecule has 0 amide bonds. The van der Waals surface area contributed by atoms with E-state index in [1.807, 2.05) is 18.8 Å². The molecule has 0 bridgehead atoms. The van der Waals surface area contributed by atoms with Crippen LogP contribution in [0.1, 0.15) is 34.6 Å². The Morgan fingerprint density at radius 2 is 1.68 bits per heavy atom. The molecule has 0 aromatic heterocycles. The summed E-state index contributed by atoms with van der Waals surface area (Å²) in [6, 6.07) is 1.15. The molecule has 19 heavy (non-hydrogen) atoms. The van der Waals surface area contributed by atoms with Crippen molar-refractivity contribution in [3.05, 3.63) is 0 Å². The van der Waals surface area contributed by atoms with Crippen molar-refractivity contribution in [2.45, 2.75) is 52.0 Å². The molecule has 114 valence electrons. The third-order valence-corrected chi connectivity index (χ3v) is 4.14. The molecule has 0 aromatic rings. The smallest absolute Gasteiger partial charge is 0.191 e. The van der Waals surface area contributed by atoms with Gasteiger partial charge in [0.05, 0.1) is 0 Å². The fourth-order valence-electron chi connectivity index (χ4n) is 1.96. The number of nitrogens with zero attached hydrogens (tertiary/aromatic N) is 2. The minimum absolute atomic E-state index is 0.577. The minimum atomic E-state index is 0.577. The van der Waals surface area contributed by atoms with E-state index in [2.05, 4.69) is 61.4 Å². The standard InChI is InChI=1S/C14H32N4S/c1-11(2)18(12(3)4)9-8-16-14(15-6)17-10-13(5)19-7/h11-13H,8-10H2,1-7H3,(H2,15,16,17). The largest absolute Gasteiger partial charge is 0.355 e. The van der Waals surface area contributed by atoms with Gasteiger partial charge in [0.15, 0.2) is 5.96 Å². The third-order valence-electron chi connectivity index (χ3n) is 3.17. The van der Waals surface area contributed by atoms with Gasteiger partial charge in [-0.2, -0.15) is 11.8 Å². The first-order valence-corrected chi connectivity index (χ1v) is 8.44. The molecule has 0 aliphatic carbocycles. The van der Waals surface area contributed by atoms with Gasteiger partial charge in [-0.25, -0.2) is 0 Å². The van der Waals surface area contributed by atoms with E-state index in [0.717, 1.165) is 25.6 Å².